The third kappa shape index (κ3) is 2.74. The maximum atomic E-state index is 13.0. The summed E-state index contributed by atoms with van der Waals surface area (Å²) in [6.07, 6.45) is 7.93. The molecule has 2 nitrogen and oxygen atoms in total. The highest BCUT2D eigenvalue weighted by Crippen LogP contribution is 2.38. The van der Waals surface area contributed by atoms with Gasteiger partial charge in [-0.05, 0) is 62.3 Å². The summed E-state index contributed by atoms with van der Waals surface area (Å²) in [7, 11) is 0. The second kappa shape index (κ2) is 5.69. The highest BCUT2D eigenvalue weighted by atomic mass is 19.1. The van der Waals surface area contributed by atoms with E-state index in [0.717, 1.165) is 6.04 Å². The van der Waals surface area contributed by atoms with Gasteiger partial charge in [-0.15, -0.1) is 0 Å². The zero-order chi connectivity index (χ0) is 14.2. The number of hydrogen-bond acceptors (Lipinski definition) is 2. The maximum absolute atomic E-state index is 13.0. The highest BCUT2D eigenvalue weighted by Gasteiger charge is 2.39. The lowest BCUT2D eigenvalue weighted by molar-refractivity contribution is 0.164. The Kier molecular flexibility index (Phi) is 3.72. The Labute approximate surface area is 126 Å². The Morgan fingerprint density at radius 2 is 1.81 bits per heavy atom. The molecule has 2 atom stereocenters. The average molecular weight is 288 g/mol. The molecule has 1 aliphatic carbocycles. The van der Waals surface area contributed by atoms with Crippen molar-refractivity contribution < 1.29 is 4.39 Å². The molecule has 3 aliphatic rings. The van der Waals surface area contributed by atoms with E-state index in [-0.39, 0.29) is 5.82 Å². The third-order valence-electron chi connectivity index (χ3n) is 5.79. The van der Waals surface area contributed by atoms with Crippen LogP contribution in [0.5, 0.6) is 0 Å². The van der Waals surface area contributed by atoms with Gasteiger partial charge in [-0.1, -0.05) is 18.6 Å². The molecule has 4 rings (SSSR count). The highest BCUT2D eigenvalue weighted by molar-refractivity contribution is 5.23. The van der Waals surface area contributed by atoms with Gasteiger partial charge in [-0.2, -0.15) is 0 Å². The number of hydrogen-bond donors (Lipinski definition) is 1. The van der Waals surface area contributed by atoms with E-state index in [1.165, 1.54) is 57.2 Å². The molecule has 0 spiro atoms. The molecule has 114 valence electrons. The first kappa shape index (κ1) is 13.7. The molecule has 1 saturated carbocycles. The van der Waals surface area contributed by atoms with E-state index < -0.39 is 0 Å². The van der Waals surface area contributed by atoms with Crippen molar-refractivity contribution in [1.29, 1.82) is 0 Å². The number of nitrogens with one attached hydrogen (secondary N) is 1. The van der Waals surface area contributed by atoms with Crippen molar-refractivity contribution in [2.24, 2.45) is 0 Å². The topological polar surface area (TPSA) is 15.3 Å². The molecule has 3 fully saturated rings. The van der Waals surface area contributed by atoms with Crippen LogP contribution in [0.4, 0.5) is 4.39 Å². The van der Waals surface area contributed by atoms with Crippen LogP contribution in [-0.4, -0.2) is 36.1 Å². The SMILES string of the molecule is Fc1ccc(C2CC(NC3CCN4CCCCC34)C2)cc1. The van der Waals surface area contributed by atoms with Crippen LogP contribution in [0.3, 0.4) is 0 Å². The first-order valence-electron chi connectivity index (χ1n) is 8.55. The minimum atomic E-state index is -0.129. The summed E-state index contributed by atoms with van der Waals surface area (Å²) in [5.41, 5.74) is 1.31. The standard InChI is InChI=1S/C18H25FN2/c19-15-6-4-13(5-7-15)14-11-16(12-14)20-17-8-10-21-9-2-1-3-18(17)21/h4-7,14,16-18,20H,1-3,8-12H2. The minimum Gasteiger partial charge on any atom is -0.310 e. The number of nitrogens with zero attached hydrogens (tertiary/aromatic N) is 1. The molecule has 0 radical (unpaired) electrons. The van der Waals surface area contributed by atoms with Gasteiger partial charge < -0.3 is 5.32 Å². The summed E-state index contributed by atoms with van der Waals surface area (Å²) in [6.45, 7) is 2.60. The molecular weight excluding hydrogens is 263 g/mol. The quantitative estimate of drug-likeness (QED) is 0.918. The average Bonchev–Trinajstić information content (AvgIpc) is 2.87. The molecule has 1 aromatic rings. The molecule has 2 aliphatic heterocycles. The summed E-state index contributed by atoms with van der Waals surface area (Å²) in [5.74, 6) is 0.503. The molecule has 0 aromatic heterocycles. The van der Waals surface area contributed by atoms with Crippen LogP contribution in [0, 0.1) is 5.82 Å². The largest absolute Gasteiger partial charge is 0.310 e. The number of halogens is 1. The summed E-state index contributed by atoms with van der Waals surface area (Å²) in [6, 6.07) is 9.27. The second-order valence-electron chi connectivity index (χ2n) is 7.08. The lowest BCUT2D eigenvalue weighted by atomic mass is 9.75. The lowest BCUT2D eigenvalue weighted by Gasteiger charge is -2.40. The van der Waals surface area contributed by atoms with Gasteiger partial charge in [0.05, 0.1) is 0 Å². The van der Waals surface area contributed by atoms with E-state index in [4.69, 9.17) is 0 Å². The summed E-state index contributed by atoms with van der Waals surface area (Å²) in [4.78, 5) is 2.69. The Morgan fingerprint density at radius 3 is 2.62 bits per heavy atom. The summed E-state index contributed by atoms with van der Waals surface area (Å²) >= 11 is 0. The Hall–Kier alpha value is -0.930. The molecule has 3 heteroatoms. The first-order chi connectivity index (χ1) is 10.3. The molecule has 2 unspecified atom stereocenters. The van der Waals surface area contributed by atoms with E-state index in [1.54, 1.807) is 12.1 Å². The van der Waals surface area contributed by atoms with Crippen molar-refractivity contribution >= 4 is 0 Å². The number of piperidine rings is 1. The predicted molar refractivity (Wildman–Crippen MR) is 82.9 cm³/mol. The fourth-order valence-electron chi connectivity index (χ4n) is 4.51. The first-order valence-corrected chi connectivity index (χ1v) is 8.55. The van der Waals surface area contributed by atoms with Gasteiger partial charge in [0.1, 0.15) is 5.82 Å². The van der Waals surface area contributed by atoms with E-state index in [1.807, 2.05) is 12.1 Å². The minimum absolute atomic E-state index is 0.129. The zero-order valence-corrected chi connectivity index (χ0v) is 12.6. The van der Waals surface area contributed by atoms with Gasteiger partial charge in [-0.3, -0.25) is 4.90 Å². The van der Waals surface area contributed by atoms with Gasteiger partial charge in [0.15, 0.2) is 0 Å². The fraction of sp³-hybridized carbons (Fsp3) is 0.667. The molecule has 0 amide bonds. The number of fused-ring (bicyclic) bond motifs is 1. The van der Waals surface area contributed by atoms with Gasteiger partial charge in [0.2, 0.25) is 0 Å². The molecule has 2 saturated heterocycles. The molecular formula is C18H25FN2. The van der Waals surface area contributed by atoms with Crippen molar-refractivity contribution in [2.45, 2.75) is 62.6 Å². The number of benzene rings is 1. The van der Waals surface area contributed by atoms with Crippen molar-refractivity contribution in [1.82, 2.24) is 10.2 Å². The van der Waals surface area contributed by atoms with E-state index in [9.17, 15) is 4.39 Å². The van der Waals surface area contributed by atoms with Crippen LogP contribution >= 0.6 is 0 Å². The Morgan fingerprint density at radius 1 is 1.00 bits per heavy atom. The van der Waals surface area contributed by atoms with Crippen molar-refractivity contribution in [3.05, 3.63) is 35.6 Å². The smallest absolute Gasteiger partial charge is 0.123 e. The molecule has 1 aromatic carbocycles. The Bertz CT molecular complexity index is 480. The van der Waals surface area contributed by atoms with Crippen LogP contribution in [-0.2, 0) is 0 Å². The molecule has 21 heavy (non-hydrogen) atoms. The third-order valence-corrected chi connectivity index (χ3v) is 5.79. The lowest BCUT2D eigenvalue weighted by Crippen LogP contribution is -2.51. The van der Waals surface area contributed by atoms with E-state index >= 15 is 0 Å². The van der Waals surface area contributed by atoms with Gasteiger partial charge in [-0.25, -0.2) is 4.39 Å². The van der Waals surface area contributed by atoms with Crippen LogP contribution in [0.25, 0.3) is 0 Å². The predicted octanol–water partition coefficient (Wildman–Crippen LogP) is 3.29. The van der Waals surface area contributed by atoms with Crippen molar-refractivity contribution in [3.8, 4) is 0 Å². The summed E-state index contributed by atoms with van der Waals surface area (Å²) in [5, 5.41) is 3.91. The Balaban J connectivity index is 1.29. The number of rotatable bonds is 3. The van der Waals surface area contributed by atoms with Crippen LogP contribution in [0.15, 0.2) is 24.3 Å². The van der Waals surface area contributed by atoms with Gasteiger partial charge >= 0.3 is 0 Å². The zero-order valence-electron chi connectivity index (χ0n) is 12.6. The van der Waals surface area contributed by atoms with Crippen LogP contribution in [0.1, 0.15) is 50.0 Å². The fourth-order valence-corrected chi connectivity index (χ4v) is 4.51. The van der Waals surface area contributed by atoms with Crippen molar-refractivity contribution in [2.75, 3.05) is 13.1 Å². The van der Waals surface area contributed by atoms with Gasteiger partial charge in [0, 0.05) is 24.7 Å². The van der Waals surface area contributed by atoms with Crippen LogP contribution in [0.2, 0.25) is 0 Å². The monoisotopic (exact) mass is 288 g/mol. The van der Waals surface area contributed by atoms with Gasteiger partial charge in [0.25, 0.3) is 0 Å². The molecule has 2 heterocycles. The second-order valence-corrected chi connectivity index (χ2v) is 7.08. The molecule has 1 N–H and O–H groups in total. The molecule has 0 bridgehead atoms. The summed E-state index contributed by atoms with van der Waals surface area (Å²) < 4.78 is 13.0. The van der Waals surface area contributed by atoms with E-state index in [0.29, 0.717) is 18.0 Å². The van der Waals surface area contributed by atoms with Crippen molar-refractivity contribution in [3.63, 3.8) is 0 Å². The van der Waals surface area contributed by atoms with Crippen LogP contribution < -0.4 is 5.32 Å². The maximum Gasteiger partial charge on any atom is 0.123 e. The normalized spacial score (nSPS) is 36.2. The van der Waals surface area contributed by atoms with E-state index in [2.05, 4.69) is 10.2 Å².